The van der Waals surface area contributed by atoms with E-state index in [9.17, 15) is 9.59 Å². The lowest BCUT2D eigenvalue weighted by atomic mass is 9.62. The molecule has 2 amide bonds. The lowest BCUT2D eigenvalue weighted by molar-refractivity contribution is -0.183. The number of imide groups is 1. The Morgan fingerprint density at radius 3 is 1.46 bits per heavy atom. The maximum absolute atomic E-state index is 11.7. The van der Waals surface area contributed by atoms with E-state index < -0.39 is 5.41 Å². The quantitative estimate of drug-likeness (QED) is 0.478. The Kier molecular flexibility index (Phi) is 2.22. The van der Waals surface area contributed by atoms with E-state index in [0.717, 1.165) is 0 Å². The van der Waals surface area contributed by atoms with Gasteiger partial charge in [0.25, 0.3) is 0 Å². The standard InChI is InChI=1S/C10H17NO2/c1-6(2)10(7(3)4)8(12)11(5)9(10)13/h6-7H,1-5H3. The van der Waals surface area contributed by atoms with Gasteiger partial charge in [-0.15, -0.1) is 0 Å². The third-order valence-electron chi connectivity index (χ3n) is 3.14. The van der Waals surface area contributed by atoms with E-state index in [-0.39, 0.29) is 23.7 Å². The SMILES string of the molecule is CC(C)C1(C(C)C)C(=O)N(C)C1=O. The van der Waals surface area contributed by atoms with Crippen molar-refractivity contribution in [3.8, 4) is 0 Å². The molecule has 0 radical (unpaired) electrons. The van der Waals surface area contributed by atoms with Gasteiger partial charge in [-0.05, 0) is 11.8 Å². The van der Waals surface area contributed by atoms with Gasteiger partial charge in [-0.2, -0.15) is 0 Å². The molecule has 1 aliphatic rings. The molecule has 0 aromatic heterocycles. The molecule has 3 nitrogen and oxygen atoms in total. The van der Waals surface area contributed by atoms with Crippen LogP contribution in [0.2, 0.25) is 0 Å². The molecule has 1 fully saturated rings. The number of carbonyl (C=O) groups is 2. The summed E-state index contributed by atoms with van der Waals surface area (Å²) in [4.78, 5) is 24.6. The topological polar surface area (TPSA) is 37.4 Å². The van der Waals surface area contributed by atoms with Crippen LogP contribution >= 0.6 is 0 Å². The third kappa shape index (κ3) is 0.960. The van der Waals surface area contributed by atoms with Gasteiger partial charge in [0.2, 0.25) is 11.8 Å². The van der Waals surface area contributed by atoms with Crippen molar-refractivity contribution in [3.63, 3.8) is 0 Å². The van der Waals surface area contributed by atoms with Gasteiger partial charge < -0.3 is 0 Å². The summed E-state index contributed by atoms with van der Waals surface area (Å²) in [5, 5.41) is 0. The number of hydrogen-bond donors (Lipinski definition) is 0. The Labute approximate surface area is 79.1 Å². The molecule has 1 heterocycles. The fraction of sp³-hybridized carbons (Fsp3) is 0.800. The summed E-state index contributed by atoms with van der Waals surface area (Å²) in [6, 6.07) is 0. The lowest BCUT2D eigenvalue weighted by Crippen LogP contribution is -2.68. The minimum Gasteiger partial charge on any atom is -0.284 e. The highest BCUT2D eigenvalue weighted by molar-refractivity contribution is 6.21. The number of likely N-dealkylation sites (tertiary alicyclic amines) is 1. The fourth-order valence-electron chi connectivity index (χ4n) is 2.34. The molecule has 0 N–H and O–H groups in total. The van der Waals surface area contributed by atoms with E-state index in [2.05, 4.69) is 0 Å². The molecule has 0 aliphatic carbocycles. The number of amides is 2. The highest BCUT2D eigenvalue weighted by Gasteiger charge is 2.62. The molecule has 13 heavy (non-hydrogen) atoms. The summed E-state index contributed by atoms with van der Waals surface area (Å²) in [7, 11) is 1.55. The highest BCUT2D eigenvalue weighted by Crippen LogP contribution is 2.45. The first-order valence-corrected chi connectivity index (χ1v) is 4.69. The minimum absolute atomic E-state index is 0.0255. The van der Waals surface area contributed by atoms with Gasteiger partial charge in [0, 0.05) is 7.05 Å². The van der Waals surface area contributed by atoms with Crippen LogP contribution in [0.5, 0.6) is 0 Å². The van der Waals surface area contributed by atoms with Crippen molar-refractivity contribution in [1.82, 2.24) is 4.90 Å². The van der Waals surface area contributed by atoms with Crippen LogP contribution in [0.1, 0.15) is 27.7 Å². The second-order valence-corrected chi connectivity index (χ2v) is 4.35. The van der Waals surface area contributed by atoms with E-state index in [0.29, 0.717) is 0 Å². The number of hydrogen-bond acceptors (Lipinski definition) is 2. The van der Waals surface area contributed by atoms with E-state index in [1.165, 1.54) is 4.90 Å². The van der Waals surface area contributed by atoms with Crippen LogP contribution in [0.15, 0.2) is 0 Å². The molecule has 0 aromatic rings. The number of nitrogens with zero attached hydrogens (tertiary/aromatic N) is 1. The molecule has 3 heteroatoms. The van der Waals surface area contributed by atoms with Crippen LogP contribution in [0.3, 0.4) is 0 Å². The van der Waals surface area contributed by atoms with Gasteiger partial charge in [0.15, 0.2) is 0 Å². The first-order chi connectivity index (χ1) is 5.86. The van der Waals surface area contributed by atoms with E-state index in [1.807, 2.05) is 27.7 Å². The first-order valence-electron chi connectivity index (χ1n) is 4.69. The zero-order chi connectivity index (χ0) is 10.4. The molecule has 0 unspecified atom stereocenters. The largest absolute Gasteiger partial charge is 0.284 e. The molecule has 74 valence electrons. The second-order valence-electron chi connectivity index (χ2n) is 4.35. The Bertz CT molecular complexity index is 230. The predicted molar refractivity (Wildman–Crippen MR) is 49.9 cm³/mol. The Morgan fingerprint density at radius 2 is 1.31 bits per heavy atom. The lowest BCUT2D eigenvalue weighted by Gasteiger charge is -2.49. The summed E-state index contributed by atoms with van der Waals surface area (Å²) >= 11 is 0. The van der Waals surface area contributed by atoms with E-state index >= 15 is 0 Å². The van der Waals surface area contributed by atoms with Crippen LogP contribution in [-0.4, -0.2) is 23.8 Å². The number of β-lactam (4-membered cyclic amide) rings is 2. The third-order valence-corrected chi connectivity index (χ3v) is 3.14. The molecule has 0 aromatic carbocycles. The van der Waals surface area contributed by atoms with Gasteiger partial charge in [-0.3, -0.25) is 14.5 Å². The summed E-state index contributed by atoms with van der Waals surface area (Å²) in [5.74, 6) is 0.123. The van der Waals surface area contributed by atoms with Gasteiger partial charge >= 0.3 is 0 Å². The average Bonchev–Trinajstić information content (AvgIpc) is 2.03. The molecular formula is C10H17NO2. The maximum atomic E-state index is 11.7. The molecular weight excluding hydrogens is 166 g/mol. The van der Waals surface area contributed by atoms with Gasteiger partial charge in [0.05, 0.1) is 0 Å². The van der Waals surface area contributed by atoms with Crippen molar-refractivity contribution in [1.29, 1.82) is 0 Å². The van der Waals surface area contributed by atoms with Crippen molar-refractivity contribution in [2.24, 2.45) is 17.3 Å². The highest BCUT2D eigenvalue weighted by atomic mass is 16.2. The van der Waals surface area contributed by atoms with Gasteiger partial charge in [-0.1, -0.05) is 27.7 Å². The smallest absolute Gasteiger partial charge is 0.245 e. The van der Waals surface area contributed by atoms with Crippen LogP contribution < -0.4 is 0 Å². The summed E-state index contributed by atoms with van der Waals surface area (Å²) < 4.78 is 0. The van der Waals surface area contributed by atoms with Crippen molar-refractivity contribution >= 4 is 11.8 Å². The molecule has 1 aliphatic heterocycles. The number of carbonyl (C=O) groups excluding carboxylic acids is 2. The molecule has 1 rings (SSSR count). The van der Waals surface area contributed by atoms with E-state index in [1.54, 1.807) is 7.05 Å². The van der Waals surface area contributed by atoms with Crippen LogP contribution in [-0.2, 0) is 9.59 Å². The fourth-order valence-corrected chi connectivity index (χ4v) is 2.34. The molecule has 0 bridgehead atoms. The maximum Gasteiger partial charge on any atom is 0.245 e. The monoisotopic (exact) mass is 183 g/mol. The van der Waals surface area contributed by atoms with Crippen LogP contribution in [0, 0.1) is 17.3 Å². The predicted octanol–water partition coefficient (Wildman–Crippen LogP) is 1.28. The summed E-state index contributed by atoms with van der Waals surface area (Å²) in [5.41, 5.74) is -0.741. The van der Waals surface area contributed by atoms with Crippen molar-refractivity contribution in [3.05, 3.63) is 0 Å². The van der Waals surface area contributed by atoms with Crippen molar-refractivity contribution in [2.75, 3.05) is 7.05 Å². The second kappa shape index (κ2) is 2.82. The molecule has 1 saturated heterocycles. The van der Waals surface area contributed by atoms with Gasteiger partial charge in [0.1, 0.15) is 5.41 Å². The minimum atomic E-state index is -0.741. The molecule has 0 atom stereocenters. The van der Waals surface area contributed by atoms with E-state index in [4.69, 9.17) is 0 Å². The van der Waals surface area contributed by atoms with Crippen molar-refractivity contribution in [2.45, 2.75) is 27.7 Å². The average molecular weight is 183 g/mol. The first kappa shape index (κ1) is 10.2. The summed E-state index contributed by atoms with van der Waals surface area (Å²) in [6.45, 7) is 7.73. The zero-order valence-corrected chi connectivity index (χ0v) is 8.92. The molecule has 0 saturated carbocycles. The van der Waals surface area contributed by atoms with Crippen molar-refractivity contribution < 1.29 is 9.59 Å². The molecule has 0 spiro atoms. The van der Waals surface area contributed by atoms with Crippen LogP contribution in [0.25, 0.3) is 0 Å². The van der Waals surface area contributed by atoms with Crippen LogP contribution in [0.4, 0.5) is 0 Å². The normalized spacial score (nSPS) is 21.3. The Balaban J connectivity index is 3.08. The van der Waals surface area contributed by atoms with Gasteiger partial charge in [-0.25, -0.2) is 0 Å². The Morgan fingerprint density at radius 1 is 1.00 bits per heavy atom. The zero-order valence-electron chi connectivity index (χ0n) is 8.92. The number of rotatable bonds is 2. The Hall–Kier alpha value is -0.860. The summed E-state index contributed by atoms with van der Waals surface area (Å²) in [6.07, 6.45) is 0.